The second-order valence-corrected chi connectivity index (χ2v) is 7.96. The lowest BCUT2D eigenvalue weighted by Gasteiger charge is -2.16. The molecule has 3 heterocycles. The fourth-order valence-corrected chi connectivity index (χ4v) is 4.02. The van der Waals surface area contributed by atoms with Gasteiger partial charge in [0.2, 0.25) is 5.71 Å². The number of benzene rings is 1. The molecule has 1 aliphatic heterocycles. The Hall–Kier alpha value is -2.89. The van der Waals surface area contributed by atoms with E-state index in [1.807, 2.05) is 36.9 Å². The number of hydrogen-bond acceptors (Lipinski definition) is 4. The molecule has 6 heteroatoms. The highest BCUT2D eigenvalue weighted by Crippen LogP contribution is 2.30. The van der Waals surface area contributed by atoms with Crippen molar-refractivity contribution in [3.05, 3.63) is 63.9 Å². The number of likely N-dealkylation sites (tertiary alicyclic amines) is 1. The Bertz CT molecular complexity index is 1070. The normalized spacial score (nSPS) is 17.0. The van der Waals surface area contributed by atoms with Crippen LogP contribution in [0, 0.1) is 12.8 Å². The molecule has 3 aromatic rings. The highest BCUT2D eigenvalue weighted by molar-refractivity contribution is 6.06. The van der Waals surface area contributed by atoms with Gasteiger partial charge in [-0.1, -0.05) is 44.2 Å². The number of aromatic nitrogens is 2. The topological polar surface area (TPSA) is 68.3 Å². The summed E-state index contributed by atoms with van der Waals surface area (Å²) in [5, 5.41) is 0.300. The summed E-state index contributed by atoms with van der Waals surface area (Å²) in [6.07, 6.45) is 2.42. The van der Waals surface area contributed by atoms with Gasteiger partial charge in [0.05, 0.1) is 5.56 Å². The summed E-state index contributed by atoms with van der Waals surface area (Å²) in [7, 11) is 0. The molecule has 1 fully saturated rings. The molecule has 1 aliphatic rings. The lowest BCUT2D eigenvalue weighted by atomic mass is 9.99. The van der Waals surface area contributed by atoms with E-state index in [-0.39, 0.29) is 17.2 Å². The molecule has 0 N–H and O–H groups in total. The van der Waals surface area contributed by atoms with Crippen LogP contribution in [0.3, 0.4) is 0 Å². The third-order valence-corrected chi connectivity index (χ3v) is 5.38. The lowest BCUT2D eigenvalue weighted by Crippen LogP contribution is -2.30. The van der Waals surface area contributed by atoms with E-state index in [9.17, 15) is 9.59 Å². The average Bonchev–Trinajstić information content (AvgIpc) is 3.29. The monoisotopic (exact) mass is 379 g/mol. The smallest absolute Gasteiger partial charge is 0.265 e. The summed E-state index contributed by atoms with van der Waals surface area (Å²) in [5.41, 5.74) is 1.63. The van der Waals surface area contributed by atoms with Gasteiger partial charge in [-0.2, -0.15) is 0 Å². The zero-order valence-electron chi connectivity index (χ0n) is 16.5. The summed E-state index contributed by atoms with van der Waals surface area (Å²) in [4.78, 5) is 32.4. The maximum atomic E-state index is 13.3. The Morgan fingerprint density at radius 1 is 1.29 bits per heavy atom. The van der Waals surface area contributed by atoms with Gasteiger partial charge in [-0.3, -0.25) is 14.2 Å². The van der Waals surface area contributed by atoms with Crippen molar-refractivity contribution in [2.24, 2.45) is 5.92 Å². The summed E-state index contributed by atoms with van der Waals surface area (Å²) in [6, 6.07) is 10.3. The third kappa shape index (κ3) is 3.23. The van der Waals surface area contributed by atoms with E-state index in [0.29, 0.717) is 48.2 Å². The van der Waals surface area contributed by atoms with Crippen molar-refractivity contribution < 1.29 is 9.21 Å². The van der Waals surface area contributed by atoms with Gasteiger partial charge in [-0.25, -0.2) is 4.98 Å². The van der Waals surface area contributed by atoms with Gasteiger partial charge >= 0.3 is 0 Å². The number of aryl methyl sites for hydroxylation is 1. The number of furan rings is 1. The quantitative estimate of drug-likeness (QED) is 0.695. The molecule has 1 atom stereocenters. The molecule has 0 aliphatic carbocycles. The minimum Gasteiger partial charge on any atom is -0.442 e. The number of carbonyl (C=O) groups is 1. The van der Waals surface area contributed by atoms with E-state index in [4.69, 9.17) is 4.42 Å². The van der Waals surface area contributed by atoms with Gasteiger partial charge in [0, 0.05) is 25.6 Å². The first-order valence-electron chi connectivity index (χ1n) is 9.78. The van der Waals surface area contributed by atoms with E-state index >= 15 is 0 Å². The standard InChI is InChI=1S/C22H25N3O3/c1-14(2)11-25-13-23-20-19(22(25)27)18(15(3)28-20)21(26)24-10-9-17(12-24)16-7-5-4-6-8-16/h4-8,13-14,17H,9-12H2,1-3H3/t17-/m1/s1. The van der Waals surface area contributed by atoms with Crippen LogP contribution < -0.4 is 5.56 Å². The molecule has 1 aromatic carbocycles. The Balaban J connectivity index is 1.68. The maximum absolute atomic E-state index is 13.3. The van der Waals surface area contributed by atoms with Gasteiger partial charge < -0.3 is 9.32 Å². The molecule has 1 amide bonds. The van der Waals surface area contributed by atoms with Gasteiger partial charge in [-0.15, -0.1) is 0 Å². The van der Waals surface area contributed by atoms with Crippen LogP contribution in [-0.2, 0) is 6.54 Å². The Kier molecular flexibility index (Phi) is 4.79. The van der Waals surface area contributed by atoms with Crippen molar-refractivity contribution in [1.82, 2.24) is 14.5 Å². The number of amides is 1. The van der Waals surface area contributed by atoms with E-state index < -0.39 is 0 Å². The van der Waals surface area contributed by atoms with E-state index in [0.717, 1.165) is 6.42 Å². The number of nitrogens with zero attached hydrogens (tertiary/aromatic N) is 3. The predicted molar refractivity (Wildman–Crippen MR) is 108 cm³/mol. The SMILES string of the molecule is Cc1oc2ncn(CC(C)C)c(=O)c2c1C(=O)N1CC[C@@H](c2ccccc2)C1. The second kappa shape index (κ2) is 7.26. The zero-order chi connectivity index (χ0) is 19.8. The van der Waals surface area contributed by atoms with Crippen molar-refractivity contribution in [1.29, 1.82) is 0 Å². The minimum absolute atomic E-state index is 0.143. The largest absolute Gasteiger partial charge is 0.442 e. The van der Waals surface area contributed by atoms with Gasteiger partial charge in [-0.05, 0) is 24.8 Å². The van der Waals surface area contributed by atoms with Crippen LogP contribution in [0.4, 0.5) is 0 Å². The Labute approximate surface area is 163 Å². The highest BCUT2D eigenvalue weighted by Gasteiger charge is 2.32. The first-order valence-corrected chi connectivity index (χ1v) is 9.78. The Morgan fingerprint density at radius 2 is 2.04 bits per heavy atom. The van der Waals surface area contributed by atoms with Gasteiger partial charge in [0.25, 0.3) is 11.5 Å². The number of rotatable bonds is 4. The van der Waals surface area contributed by atoms with Crippen molar-refractivity contribution in [3.63, 3.8) is 0 Å². The molecule has 0 bridgehead atoms. The number of carbonyl (C=O) groups excluding carboxylic acids is 1. The zero-order valence-corrected chi connectivity index (χ0v) is 16.5. The molecule has 1 saturated heterocycles. The average molecular weight is 379 g/mol. The fourth-order valence-electron chi connectivity index (χ4n) is 4.02. The molecule has 4 rings (SSSR count). The molecule has 6 nitrogen and oxygen atoms in total. The van der Waals surface area contributed by atoms with E-state index in [1.54, 1.807) is 11.5 Å². The molecule has 0 radical (unpaired) electrons. The first-order chi connectivity index (χ1) is 13.5. The van der Waals surface area contributed by atoms with Crippen molar-refractivity contribution in [2.45, 2.75) is 39.7 Å². The summed E-state index contributed by atoms with van der Waals surface area (Å²) in [5.74, 6) is 0.930. The Morgan fingerprint density at radius 3 is 2.75 bits per heavy atom. The molecule has 2 aromatic heterocycles. The van der Waals surface area contributed by atoms with E-state index in [2.05, 4.69) is 17.1 Å². The van der Waals surface area contributed by atoms with Crippen LogP contribution >= 0.6 is 0 Å². The second-order valence-electron chi connectivity index (χ2n) is 7.96. The van der Waals surface area contributed by atoms with Crippen LogP contribution in [0.1, 0.15) is 47.9 Å². The highest BCUT2D eigenvalue weighted by atomic mass is 16.3. The molecule has 0 unspecified atom stereocenters. The molecule has 0 saturated carbocycles. The lowest BCUT2D eigenvalue weighted by molar-refractivity contribution is 0.0790. The van der Waals surface area contributed by atoms with E-state index in [1.165, 1.54) is 11.9 Å². The number of fused-ring (bicyclic) bond motifs is 1. The summed E-state index contributed by atoms with van der Waals surface area (Å²) in [6.45, 7) is 7.68. The van der Waals surface area contributed by atoms with Crippen molar-refractivity contribution in [2.75, 3.05) is 13.1 Å². The summed E-state index contributed by atoms with van der Waals surface area (Å²) >= 11 is 0. The molecule has 28 heavy (non-hydrogen) atoms. The number of hydrogen-bond donors (Lipinski definition) is 0. The van der Waals surface area contributed by atoms with Crippen molar-refractivity contribution >= 4 is 17.0 Å². The maximum Gasteiger partial charge on any atom is 0.265 e. The third-order valence-electron chi connectivity index (χ3n) is 5.38. The molecule has 0 spiro atoms. The van der Waals surface area contributed by atoms with Crippen molar-refractivity contribution in [3.8, 4) is 0 Å². The van der Waals surface area contributed by atoms with Crippen LogP contribution in [0.25, 0.3) is 11.1 Å². The van der Waals surface area contributed by atoms with Crippen LogP contribution in [0.2, 0.25) is 0 Å². The minimum atomic E-state index is -0.210. The van der Waals surface area contributed by atoms with Crippen LogP contribution in [0.15, 0.2) is 45.9 Å². The predicted octanol–water partition coefficient (Wildman–Crippen LogP) is 3.58. The van der Waals surface area contributed by atoms with Crippen LogP contribution in [0.5, 0.6) is 0 Å². The molecule has 146 valence electrons. The van der Waals surface area contributed by atoms with Gasteiger partial charge in [0.15, 0.2) is 0 Å². The molecular weight excluding hydrogens is 354 g/mol. The van der Waals surface area contributed by atoms with Crippen LogP contribution in [-0.4, -0.2) is 33.4 Å². The first kappa shape index (κ1) is 18.5. The fraction of sp³-hybridized carbons (Fsp3) is 0.409. The molecular formula is C22H25N3O3. The van der Waals surface area contributed by atoms with Gasteiger partial charge in [0.1, 0.15) is 17.5 Å². The summed E-state index contributed by atoms with van der Waals surface area (Å²) < 4.78 is 7.23.